The first kappa shape index (κ1) is 14.2. The second-order valence-corrected chi connectivity index (χ2v) is 6.06. The third kappa shape index (κ3) is 3.69. The summed E-state index contributed by atoms with van der Waals surface area (Å²) in [4.78, 5) is 4.63. The molecule has 0 radical (unpaired) electrons. The van der Waals surface area contributed by atoms with Crippen LogP contribution in [0.1, 0.15) is 50.5 Å². The van der Waals surface area contributed by atoms with Crippen LogP contribution < -0.4 is 15.8 Å². The normalized spacial score (nSPS) is 25.9. The van der Waals surface area contributed by atoms with Crippen molar-refractivity contribution in [3.05, 3.63) is 29.8 Å². The van der Waals surface area contributed by atoms with E-state index in [0.29, 0.717) is 30.6 Å². The molecule has 4 nitrogen and oxygen atoms in total. The molecule has 0 unspecified atom stereocenters. The molecule has 21 heavy (non-hydrogen) atoms. The van der Waals surface area contributed by atoms with E-state index in [2.05, 4.69) is 28.5 Å². The first-order chi connectivity index (χ1) is 10.3. The Hall–Kier alpha value is -1.71. The summed E-state index contributed by atoms with van der Waals surface area (Å²) in [6.07, 6.45) is 6.15. The molecule has 0 heterocycles. The fraction of sp³-hybridized carbons (Fsp3) is 0.588. The fourth-order valence-corrected chi connectivity index (χ4v) is 3.18. The summed E-state index contributed by atoms with van der Waals surface area (Å²) in [6, 6.07) is 9.21. The number of nitrogens with zero attached hydrogens (tertiary/aromatic N) is 1. The van der Waals surface area contributed by atoms with Crippen LogP contribution in [0.25, 0.3) is 0 Å². The predicted molar refractivity (Wildman–Crippen MR) is 85.8 cm³/mol. The van der Waals surface area contributed by atoms with Gasteiger partial charge in [0.05, 0.1) is 12.6 Å². The van der Waals surface area contributed by atoms with Crippen molar-refractivity contribution in [2.24, 2.45) is 10.7 Å². The van der Waals surface area contributed by atoms with Gasteiger partial charge >= 0.3 is 0 Å². The number of hydrogen-bond donors (Lipinski definition) is 2. The van der Waals surface area contributed by atoms with E-state index < -0.39 is 0 Å². The first-order valence-corrected chi connectivity index (χ1v) is 8.09. The molecule has 0 saturated heterocycles. The smallest absolute Gasteiger partial charge is 0.189 e. The molecule has 3 N–H and O–H groups in total. The van der Waals surface area contributed by atoms with E-state index in [1.54, 1.807) is 0 Å². The Kier molecular flexibility index (Phi) is 4.32. The van der Waals surface area contributed by atoms with Gasteiger partial charge in [-0.15, -0.1) is 0 Å². The SMILES string of the molecule is CCOc1cccc([C@@H]2C[C@H]2N=C(N)NC2CCCC2)c1. The van der Waals surface area contributed by atoms with Gasteiger partial charge in [-0.3, -0.25) is 0 Å². The topological polar surface area (TPSA) is 59.6 Å². The molecule has 1 aromatic rings. The van der Waals surface area contributed by atoms with Gasteiger partial charge in [-0.05, 0) is 43.9 Å². The lowest BCUT2D eigenvalue weighted by atomic mass is 10.1. The molecule has 114 valence electrons. The summed E-state index contributed by atoms with van der Waals surface area (Å²) in [5.74, 6) is 2.06. The fourth-order valence-electron chi connectivity index (χ4n) is 3.18. The summed E-state index contributed by atoms with van der Waals surface area (Å²) in [5.41, 5.74) is 7.34. The number of rotatable bonds is 5. The number of nitrogens with one attached hydrogen (secondary N) is 1. The van der Waals surface area contributed by atoms with E-state index in [1.165, 1.54) is 31.2 Å². The average Bonchev–Trinajstić information content (AvgIpc) is 3.03. The van der Waals surface area contributed by atoms with Crippen molar-refractivity contribution in [2.75, 3.05) is 6.61 Å². The lowest BCUT2D eigenvalue weighted by Gasteiger charge is -2.12. The van der Waals surface area contributed by atoms with Crippen LogP contribution in [-0.2, 0) is 0 Å². The minimum Gasteiger partial charge on any atom is -0.494 e. The Balaban J connectivity index is 1.56. The summed E-state index contributed by atoms with van der Waals surface area (Å²) in [5, 5.41) is 3.36. The molecule has 2 saturated carbocycles. The molecule has 0 aromatic heterocycles. The minimum atomic E-state index is 0.329. The molecule has 3 rings (SSSR count). The van der Waals surface area contributed by atoms with Crippen LogP contribution in [0.3, 0.4) is 0 Å². The quantitative estimate of drug-likeness (QED) is 0.646. The number of guanidine groups is 1. The molecule has 0 amide bonds. The Morgan fingerprint density at radius 1 is 1.38 bits per heavy atom. The highest BCUT2D eigenvalue weighted by atomic mass is 16.5. The van der Waals surface area contributed by atoms with Crippen molar-refractivity contribution in [1.29, 1.82) is 0 Å². The van der Waals surface area contributed by atoms with Gasteiger partial charge in [0, 0.05) is 12.0 Å². The summed E-state index contributed by atoms with van der Waals surface area (Å²) < 4.78 is 5.56. The van der Waals surface area contributed by atoms with Crippen molar-refractivity contribution >= 4 is 5.96 Å². The number of hydrogen-bond acceptors (Lipinski definition) is 2. The maximum absolute atomic E-state index is 6.03. The standard InChI is InChI=1S/C17H25N3O/c1-2-21-14-9-5-6-12(10-14)15-11-16(15)20-17(18)19-13-7-3-4-8-13/h5-6,9-10,13,15-16H,2-4,7-8,11H2,1H3,(H3,18,19,20)/t15-,16+/m0/s1. The highest BCUT2D eigenvalue weighted by Gasteiger charge is 2.38. The molecule has 2 aliphatic rings. The van der Waals surface area contributed by atoms with Crippen LogP contribution in [0.5, 0.6) is 5.75 Å². The van der Waals surface area contributed by atoms with E-state index in [-0.39, 0.29) is 0 Å². The Morgan fingerprint density at radius 3 is 2.95 bits per heavy atom. The van der Waals surface area contributed by atoms with E-state index in [0.717, 1.165) is 12.2 Å². The molecule has 2 aliphatic carbocycles. The summed E-state index contributed by atoms with van der Waals surface area (Å²) in [7, 11) is 0. The van der Waals surface area contributed by atoms with E-state index >= 15 is 0 Å². The van der Waals surface area contributed by atoms with Crippen molar-refractivity contribution in [3.8, 4) is 5.75 Å². The molecule has 0 bridgehead atoms. The highest BCUT2D eigenvalue weighted by molar-refractivity contribution is 5.78. The molecular weight excluding hydrogens is 262 g/mol. The van der Waals surface area contributed by atoms with Crippen molar-refractivity contribution in [3.63, 3.8) is 0 Å². The van der Waals surface area contributed by atoms with Crippen LogP contribution in [0, 0.1) is 0 Å². The second kappa shape index (κ2) is 6.37. The van der Waals surface area contributed by atoms with Gasteiger partial charge < -0.3 is 15.8 Å². The number of ether oxygens (including phenoxy) is 1. The van der Waals surface area contributed by atoms with Crippen LogP contribution in [0.4, 0.5) is 0 Å². The Morgan fingerprint density at radius 2 is 2.19 bits per heavy atom. The number of aliphatic imine (C=N–C) groups is 1. The Labute approximate surface area is 126 Å². The van der Waals surface area contributed by atoms with Crippen LogP contribution in [0.2, 0.25) is 0 Å². The van der Waals surface area contributed by atoms with Gasteiger partial charge in [0.15, 0.2) is 5.96 Å². The molecule has 0 aliphatic heterocycles. The van der Waals surface area contributed by atoms with Gasteiger partial charge in [0.25, 0.3) is 0 Å². The maximum atomic E-state index is 6.03. The molecule has 0 spiro atoms. The average molecular weight is 287 g/mol. The van der Waals surface area contributed by atoms with Crippen molar-refractivity contribution in [1.82, 2.24) is 5.32 Å². The lowest BCUT2D eigenvalue weighted by molar-refractivity contribution is 0.340. The summed E-state index contributed by atoms with van der Waals surface area (Å²) in [6.45, 7) is 2.71. The predicted octanol–water partition coefficient (Wildman–Crippen LogP) is 2.79. The van der Waals surface area contributed by atoms with Gasteiger partial charge in [-0.1, -0.05) is 25.0 Å². The van der Waals surface area contributed by atoms with Crippen LogP contribution >= 0.6 is 0 Å². The largest absolute Gasteiger partial charge is 0.494 e. The van der Waals surface area contributed by atoms with Gasteiger partial charge in [0.1, 0.15) is 5.75 Å². The van der Waals surface area contributed by atoms with Crippen molar-refractivity contribution in [2.45, 2.75) is 57.0 Å². The molecule has 1 aromatic carbocycles. The number of nitrogens with two attached hydrogens (primary N) is 1. The first-order valence-electron chi connectivity index (χ1n) is 8.09. The second-order valence-electron chi connectivity index (χ2n) is 6.06. The van der Waals surface area contributed by atoms with Gasteiger partial charge in [0.2, 0.25) is 0 Å². The van der Waals surface area contributed by atoms with Crippen LogP contribution in [0.15, 0.2) is 29.3 Å². The zero-order valence-electron chi connectivity index (χ0n) is 12.7. The van der Waals surface area contributed by atoms with E-state index in [4.69, 9.17) is 10.5 Å². The van der Waals surface area contributed by atoms with E-state index in [1.807, 2.05) is 13.0 Å². The van der Waals surface area contributed by atoms with Crippen molar-refractivity contribution < 1.29 is 4.74 Å². The molecular formula is C17H25N3O. The summed E-state index contributed by atoms with van der Waals surface area (Å²) >= 11 is 0. The van der Waals surface area contributed by atoms with Gasteiger partial charge in [-0.2, -0.15) is 0 Å². The zero-order chi connectivity index (χ0) is 14.7. The lowest BCUT2D eigenvalue weighted by Crippen LogP contribution is -2.38. The molecule has 2 atom stereocenters. The highest BCUT2D eigenvalue weighted by Crippen LogP contribution is 2.44. The number of benzene rings is 1. The molecule has 4 heteroatoms. The van der Waals surface area contributed by atoms with E-state index in [9.17, 15) is 0 Å². The zero-order valence-corrected chi connectivity index (χ0v) is 12.7. The third-order valence-electron chi connectivity index (χ3n) is 4.37. The Bertz CT molecular complexity index is 509. The van der Waals surface area contributed by atoms with Crippen LogP contribution in [-0.4, -0.2) is 24.7 Å². The monoisotopic (exact) mass is 287 g/mol. The molecule has 2 fully saturated rings. The minimum absolute atomic E-state index is 0.329. The third-order valence-corrected chi connectivity index (χ3v) is 4.37. The maximum Gasteiger partial charge on any atom is 0.189 e. The van der Waals surface area contributed by atoms with Gasteiger partial charge in [-0.25, -0.2) is 4.99 Å².